The Kier molecular flexibility index (Phi) is 69.6. The van der Waals surface area contributed by atoms with Crippen molar-refractivity contribution in [1.29, 1.82) is 0 Å². The Bertz CT molecular complexity index is 1860. The summed E-state index contributed by atoms with van der Waals surface area (Å²) in [5, 5.41) is 10.6. The van der Waals surface area contributed by atoms with Crippen LogP contribution in [0.15, 0.2) is 0 Å². The molecule has 2 unspecified atom stereocenters. The van der Waals surface area contributed by atoms with Crippen molar-refractivity contribution in [2.24, 2.45) is 5.92 Å². The molecule has 0 aromatic carbocycles. The van der Waals surface area contributed by atoms with Crippen molar-refractivity contribution in [2.75, 3.05) is 39.6 Å². The third kappa shape index (κ3) is 72.2. The summed E-state index contributed by atoms with van der Waals surface area (Å²) in [5.41, 5.74) is 0. The highest BCUT2D eigenvalue weighted by atomic mass is 31.2. The van der Waals surface area contributed by atoms with Gasteiger partial charge in [-0.25, -0.2) is 9.13 Å². The molecule has 3 N–H and O–H groups in total. The molecular weight excluding hydrogens is 1270 g/mol. The fraction of sp³-hybridized carbons (Fsp3) is 0.949. The first-order valence-corrected chi connectivity index (χ1v) is 43.6. The van der Waals surface area contributed by atoms with E-state index >= 15 is 0 Å². The number of aliphatic hydroxyl groups is 1. The van der Waals surface area contributed by atoms with Crippen molar-refractivity contribution >= 4 is 39.5 Å². The van der Waals surface area contributed by atoms with Crippen molar-refractivity contribution in [3.8, 4) is 0 Å². The lowest BCUT2D eigenvalue weighted by molar-refractivity contribution is -0.161. The van der Waals surface area contributed by atoms with E-state index in [2.05, 4.69) is 34.6 Å². The molecule has 0 aliphatic heterocycles. The van der Waals surface area contributed by atoms with Crippen LogP contribution in [0, 0.1) is 5.92 Å². The molecule has 0 aliphatic rings. The number of ether oxygens (including phenoxy) is 4. The number of phosphoric acid groups is 2. The Balaban J connectivity index is 5.26. The second-order valence-corrected chi connectivity index (χ2v) is 31.5. The third-order valence-corrected chi connectivity index (χ3v) is 20.2. The lowest BCUT2D eigenvalue weighted by atomic mass is 10.0. The molecule has 0 saturated heterocycles. The van der Waals surface area contributed by atoms with Crippen LogP contribution in [0.5, 0.6) is 0 Å². The van der Waals surface area contributed by atoms with Crippen LogP contribution in [0.1, 0.15) is 413 Å². The van der Waals surface area contributed by atoms with E-state index in [-0.39, 0.29) is 25.7 Å². The van der Waals surface area contributed by atoms with Gasteiger partial charge in [0, 0.05) is 25.7 Å². The molecule has 0 amide bonds. The van der Waals surface area contributed by atoms with Gasteiger partial charge in [0.05, 0.1) is 26.4 Å². The van der Waals surface area contributed by atoms with E-state index in [0.717, 1.165) is 95.8 Å². The maximum atomic E-state index is 13.1. The van der Waals surface area contributed by atoms with Crippen LogP contribution in [-0.4, -0.2) is 96.7 Å². The van der Waals surface area contributed by atoms with Crippen LogP contribution < -0.4 is 0 Å². The van der Waals surface area contributed by atoms with E-state index in [0.29, 0.717) is 25.7 Å². The lowest BCUT2D eigenvalue weighted by Crippen LogP contribution is -2.30. The Morgan fingerprint density at radius 1 is 0.278 bits per heavy atom. The minimum atomic E-state index is -4.96. The summed E-state index contributed by atoms with van der Waals surface area (Å²) in [4.78, 5) is 72.9. The smallest absolute Gasteiger partial charge is 0.462 e. The summed E-state index contributed by atoms with van der Waals surface area (Å²) < 4.78 is 68.7. The molecule has 0 spiro atoms. The highest BCUT2D eigenvalue weighted by molar-refractivity contribution is 7.47. The lowest BCUT2D eigenvalue weighted by Gasteiger charge is -2.21. The highest BCUT2D eigenvalue weighted by Gasteiger charge is 2.30. The van der Waals surface area contributed by atoms with Crippen molar-refractivity contribution in [1.82, 2.24) is 0 Å². The SMILES string of the molecule is CCCCCCCCCCCCCCCCCC(=O)OC[C@H](COP(=O)(O)OC[C@@H](O)COP(=O)(O)OC[C@@H](COC(=O)CCCCCCCCCCCCCCC)OC(=O)CCCCCCCCCCCCCCC)OC(=O)CCCCCCCCCCCCCCCC(C)C. The van der Waals surface area contributed by atoms with Crippen molar-refractivity contribution in [3.05, 3.63) is 0 Å². The van der Waals surface area contributed by atoms with E-state index in [9.17, 15) is 43.2 Å². The van der Waals surface area contributed by atoms with Crippen LogP contribution in [0.3, 0.4) is 0 Å². The first kappa shape index (κ1) is 95.1. The molecule has 19 heteroatoms. The molecule has 0 bridgehead atoms. The predicted octanol–water partition coefficient (Wildman–Crippen LogP) is 23.3. The molecule has 0 fully saturated rings. The van der Waals surface area contributed by atoms with Gasteiger partial charge in [0.25, 0.3) is 0 Å². The van der Waals surface area contributed by atoms with Crippen molar-refractivity contribution in [3.63, 3.8) is 0 Å². The topological polar surface area (TPSA) is 237 Å². The second kappa shape index (κ2) is 71.1. The molecule has 0 radical (unpaired) electrons. The number of rotatable bonds is 78. The minimum Gasteiger partial charge on any atom is -0.462 e. The molecule has 17 nitrogen and oxygen atoms in total. The number of phosphoric ester groups is 2. The largest absolute Gasteiger partial charge is 0.472 e. The second-order valence-electron chi connectivity index (χ2n) is 28.6. The molecule has 0 aromatic heterocycles. The van der Waals surface area contributed by atoms with Crippen LogP contribution in [0.25, 0.3) is 0 Å². The summed E-state index contributed by atoms with van der Waals surface area (Å²) in [6.07, 6.45) is 60.8. The summed E-state index contributed by atoms with van der Waals surface area (Å²) in [5.74, 6) is -1.32. The molecule has 0 saturated carbocycles. The zero-order valence-corrected chi connectivity index (χ0v) is 65.0. The summed E-state index contributed by atoms with van der Waals surface area (Å²) in [6.45, 7) is 7.34. The standard InChI is InChI=1S/C78H152O17P2/c1-6-9-12-15-18-21-24-27-28-33-37-42-47-52-57-62-76(81)89-68-74(95-78(83)64-59-54-49-44-39-34-29-32-35-40-45-50-55-60-71(4)5)70-93-97(86,87)91-66-72(79)65-90-96(84,85)92-69-73(94-77(82)63-58-53-48-43-38-31-26-23-20-17-14-11-8-3)67-88-75(80)61-56-51-46-41-36-30-25-22-19-16-13-10-7-2/h71-74,79H,6-70H2,1-5H3,(H,84,85)(H,86,87)/t72-,73+,74+/m0/s1. The molecule has 0 aromatic rings. The van der Waals surface area contributed by atoms with Gasteiger partial charge in [0.1, 0.15) is 19.3 Å². The van der Waals surface area contributed by atoms with Crippen LogP contribution in [0.4, 0.5) is 0 Å². The van der Waals surface area contributed by atoms with E-state index in [1.807, 2.05) is 0 Å². The van der Waals surface area contributed by atoms with E-state index in [1.165, 1.54) is 238 Å². The third-order valence-electron chi connectivity index (χ3n) is 18.3. The maximum Gasteiger partial charge on any atom is 0.472 e. The van der Waals surface area contributed by atoms with Gasteiger partial charge >= 0.3 is 39.5 Å². The van der Waals surface area contributed by atoms with Gasteiger partial charge in [-0.1, -0.05) is 362 Å². The zero-order valence-electron chi connectivity index (χ0n) is 63.2. The molecule has 97 heavy (non-hydrogen) atoms. The summed E-state index contributed by atoms with van der Waals surface area (Å²) >= 11 is 0. The molecule has 0 aliphatic carbocycles. The van der Waals surface area contributed by atoms with E-state index in [4.69, 9.17) is 37.0 Å². The maximum absolute atomic E-state index is 13.1. The molecule has 576 valence electrons. The number of unbranched alkanes of at least 4 members (excludes halogenated alkanes) is 50. The van der Waals surface area contributed by atoms with Gasteiger partial charge in [-0.3, -0.25) is 37.3 Å². The number of carbonyl (C=O) groups is 4. The van der Waals surface area contributed by atoms with E-state index in [1.54, 1.807) is 0 Å². The Hall–Kier alpha value is -1.94. The highest BCUT2D eigenvalue weighted by Crippen LogP contribution is 2.45. The van der Waals surface area contributed by atoms with Gasteiger partial charge in [-0.15, -0.1) is 0 Å². The van der Waals surface area contributed by atoms with Crippen molar-refractivity contribution < 1.29 is 80.2 Å². The molecule has 0 rings (SSSR count). The Morgan fingerprint density at radius 3 is 0.701 bits per heavy atom. The predicted molar refractivity (Wildman–Crippen MR) is 395 cm³/mol. The number of hydrogen-bond acceptors (Lipinski definition) is 15. The zero-order chi connectivity index (χ0) is 71.2. The molecular formula is C78H152O17P2. The normalized spacial score (nSPS) is 13.9. The van der Waals surface area contributed by atoms with Gasteiger partial charge in [-0.05, 0) is 31.6 Å². The monoisotopic (exact) mass is 1420 g/mol. The van der Waals surface area contributed by atoms with Crippen molar-refractivity contribution in [2.45, 2.75) is 432 Å². The minimum absolute atomic E-state index is 0.108. The number of esters is 4. The van der Waals surface area contributed by atoms with E-state index < -0.39 is 97.5 Å². The average Bonchev–Trinajstić information content (AvgIpc) is 1.77. The number of carbonyl (C=O) groups excluding carboxylic acids is 4. The Labute approximate surface area is 594 Å². The number of aliphatic hydroxyl groups excluding tert-OH is 1. The Morgan fingerprint density at radius 2 is 0.474 bits per heavy atom. The van der Waals surface area contributed by atoms with Gasteiger partial charge < -0.3 is 33.8 Å². The summed E-state index contributed by atoms with van der Waals surface area (Å²) in [7, 11) is -9.91. The first-order chi connectivity index (χ1) is 47.0. The van der Waals surface area contributed by atoms with Gasteiger partial charge in [0.15, 0.2) is 12.2 Å². The fourth-order valence-corrected chi connectivity index (χ4v) is 13.6. The van der Waals surface area contributed by atoms with Crippen LogP contribution >= 0.6 is 15.6 Å². The van der Waals surface area contributed by atoms with Gasteiger partial charge in [-0.2, -0.15) is 0 Å². The molecule has 5 atom stereocenters. The quantitative estimate of drug-likeness (QED) is 0.0222. The van der Waals surface area contributed by atoms with Crippen LogP contribution in [0.2, 0.25) is 0 Å². The fourth-order valence-electron chi connectivity index (χ4n) is 12.1. The summed E-state index contributed by atoms with van der Waals surface area (Å²) in [6, 6.07) is 0. The molecule has 0 heterocycles. The average molecular weight is 1420 g/mol. The van der Waals surface area contributed by atoms with Gasteiger partial charge in [0.2, 0.25) is 0 Å². The first-order valence-electron chi connectivity index (χ1n) is 40.6. The number of hydrogen-bond donors (Lipinski definition) is 3. The van der Waals surface area contributed by atoms with Crippen LogP contribution in [-0.2, 0) is 65.4 Å².